The van der Waals surface area contributed by atoms with Gasteiger partial charge in [-0.3, -0.25) is 4.79 Å². The maximum Gasteiger partial charge on any atom is 0.253 e. The predicted molar refractivity (Wildman–Crippen MR) is 79.8 cm³/mol. The molecule has 0 spiro atoms. The molecule has 0 atom stereocenters. The zero-order chi connectivity index (χ0) is 13.8. The SMILES string of the molecule is Cc1ccc(Sc2ccc(C(=O)N(C)C)cc2)cc1. The summed E-state index contributed by atoms with van der Waals surface area (Å²) in [5.74, 6) is 0.0342. The fourth-order valence-electron chi connectivity index (χ4n) is 1.67. The van der Waals surface area contributed by atoms with E-state index in [1.54, 1.807) is 30.8 Å². The topological polar surface area (TPSA) is 20.3 Å². The highest BCUT2D eigenvalue weighted by atomic mass is 32.2. The number of amides is 1. The van der Waals surface area contributed by atoms with Crippen LogP contribution in [-0.4, -0.2) is 24.9 Å². The zero-order valence-corrected chi connectivity index (χ0v) is 12.2. The lowest BCUT2D eigenvalue weighted by molar-refractivity contribution is 0.0827. The molecule has 2 aromatic rings. The second-order valence-corrected chi connectivity index (χ2v) is 5.79. The Bertz CT molecular complexity index is 558. The van der Waals surface area contributed by atoms with Gasteiger partial charge in [0.15, 0.2) is 0 Å². The van der Waals surface area contributed by atoms with Crippen LogP contribution < -0.4 is 0 Å². The normalized spacial score (nSPS) is 10.3. The molecule has 1 amide bonds. The molecule has 2 aromatic carbocycles. The summed E-state index contributed by atoms with van der Waals surface area (Å²) in [6.07, 6.45) is 0. The van der Waals surface area contributed by atoms with Crippen molar-refractivity contribution in [2.45, 2.75) is 16.7 Å². The summed E-state index contributed by atoms with van der Waals surface area (Å²) in [5.41, 5.74) is 1.98. The van der Waals surface area contributed by atoms with Crippen molar-refractivity contribution >= 4 is 17.7 Å². The lowest BCUT2D eigenvalue weighted by Gasteiger charge is -2.10. The molecule has 0 aliphatic rings. The molecule has 2 nitrogen and oxygen atoms in total. The first-order chi connectivity index (χ1) is 9.06. The third kappa shape index (κ3) is 3.61. The van der Waals surface area contributed by atoms with Gasteiger partial charge in [-0.2, -0.15) is 0 Å². The van der Waals surface area contributed by atoms with Crippen LogP contribution in [0.5, 0.6) is 0 Å². The van der Waals surface area contributed by atoms with Gasteiger partial charge in [-0.1, -0.05) is 29.5 Å². The molecule has 0 bridgehead atoms. The Labute approximate surface area is 118 Å². The molecule has 0 aromatic heterocycles. The van der Waals surface area contributed by atoms with Crippen molar-refractivity contribution in [2.75, 3.05) is 14.1 Å². The third-order valence-electron chi connectivity index (χ3n) is 2.76. The average Bonchev–Trinajstić information content (AvgIpc) is 2.41. The van der Waals surface area contributed by atoms with Gasteiger partial charge in [-0.25, -0.2) is 0 Å². The molecule has 0 radical (unpaired) electrons. The van der Waals surface area contributed by atoms with Gasteiger partial charge < -0.3 is 4.90 Å². The van der Waals surface area contributed by atoms with Gasteiger partial charge >= 0.3 is 0 Å². The molecule has 19 heavy (non-hydrogen) atoms. The smallest absolute Gasteiger partial charge is 0.253 e. The second-order valence-electron chi connectivity index (χ2n) is 4.64. The Balaban J connectivity index is 2.10. The van der Waals surface area contributed by atoms with Crippen molar-refractivity contribution in [3.8, 4) is 0 Å². The van der Waals surface area contributed by atoms with E-state index in [-0.39, 0.29) is 5.91 Å². The Morgan fingerprint density at radius 3 is 1.84 bits per heavy atom. The van der Waals surface area contributed by atoms with Gasteiger partial charge in [0.1, 0.15) is 0 Å². The van der Waals surface area contributed by atoms with E-state index in [0.717, 1.165) is 10.5 Å². The lowest BCUT2D eigenvalue weighted by atomic mass is 10.2. The average molecular weight is 271 g/mol. The van der Waals surface area contributed by atoms with Crippen LogP contribution in [0.2, 0.25) is 0 Å². The molecule has 98 valence electrons. The Hall–Kier alpha value is -1.74. The van der Waals surface area contributed by atoms with Crippen LogP contribution >= 0.6 is 11.8 Å². The summed E-state index contributed by atoms with van der Waals surface area (Å²) < 4.78 is 0. The largest absolute Gasteiger partial charge is 0.345 e. The minimum Gasteiger partial charge on any atom is -0.345 e. The Morgan fingerprint density at radius 1 is 0.895 bits per heavy atom. The van der Waals surface area contributed by atoms with E-state index >= 15 is 0 Å². The molecule has 0 saturated heterocycles. The number of hydrogen-bond donors (Lipinski definition) is 0. The number of benzene rings is 2. The zero-order valence-electron chi connectivity index (χ0n) is 11.4. The first-order valence-electron chi connectivity index (χ1n) is 6.12. The minimum atomic E-state index is 0.0342. The molecule has 0 saturated carbocycles. The van der Waals surface area contributed by atoms with E-state index in [2.05, 4.69) is 31.2 Å². The van der Waals surface area contributed by atoms with Crippen molar-refractivity contribution in [3.63, 3.8) is 0 Å². The number of rotatable bonds is 3. The standard InChI is InChI=1S/C16H17NOS/c1-12-4-8-14(9-5-12)19-15-10-6-13(7-11-15)16(18)17(2)3/h4-11H,1-3H3. The molecule has 0 fully saturated rings. The van der Waals surface area contributed by atoms with Gasteiger partial charge in [0.2, 0.25) is 0 Å². The van der Waals surface area contributed by atoms with Crippen LogP contribution in [0.15, 0.2) is 58.3 Å². The maximum atomic E-state index is 11.8. The molecule has 3 heteroatoms. The van der Waals surface area contributed by atoms with E-state index in [4.69, 9.17) is 0 Å². The van der Waals surface area contributed by atoms with E-state index in [1.165, 1.54) is 10.5 Å². The summed E-state index contributed by atoms with van der Waals surface area (Å²) >= 11 is 1.70. The number of carbonyl (C=O) groups excluding carboxylic acids is 1. The van der Waals surface area contributed by atoms with Crippen LogP contribution in [-0.2, 0) is 0 Å². The van der Waals surface area contributed by atoms with Crippen LogP contribution in [0.1, 0.15) is 15.9 Å². The summed E-state index contributed by atoms with van der Waals surface area (Å²) in [5, 5.41) is 0. The van der Waals surface area contributed by atoms with Crippen molar-refractivity contribution in [2.24, 2.45) is 0 Å². The quantitative estimate of drug-likeness (QED) is 0.845. The maximum absolute atomic E-state index is 11.8. The number of carbonyl (C=O) groups is 1. The number of aryl methyl sites for hydroxylation is 1. The first-order valence-corrected chi connectivity index (χ1v) is 6.94. The minimum absolute atomic E-state index is 0.0342. The summed E-state index contributed by atoms with van der Waals surface area (Å²) in [6.45, 7) is 2.08. The summed E-state index contributed by atoms with van der Waals surface area (Å²) in [6, 6.07) is 16.1. The fourth-order valence-corrected chi connectivity index (χ4v) is 2.48. The highest BCUT2D eigenvalue weighted by molar-refractivity contribution is 7.99. The summed E-state index contributed by atoms with van der Waals surface area (Å²) in [4.78, 5) is 15.7. The predicted octanol–water partition coefficient (Wildman–Crippen LogP) is 3.85. The van der Waals surface area contributed by atoms with Crippen LogP contribution in [0, 0.1) is 6.92 Å². The molecule has 2 rings (SSSR count). The third-order valence-corrected chi connectivity index (χ3v) is 3.78. The molecule has 0 aliphatic heterocycles. The van der Waals surface area contributed by atoms with E-state index < -0.39 is 0 Å². The van der Waals surface area contributed by atoms with Crippen molar-refractivity contribution in [3.05, 3.63) is 59.7 Å². The van der Waals surface area contributed by atoms with Gasteiger partial charge in [0, 0.05) is 29.4 Å². The molecular formula is C16H17NOS. The van der Waals surface area contributed by atoms with Gasteiger partial charge in [-0.15, -0.1) is 0 Å². The fraction of sp³-hybridized carbons (Fsp3) is 0.188. The first kappa shape index (κ1) is 13.7. The second kappa shape index (κ2) is 5.93. The van der Waals surface area contributed by atoms with Crippen molar-refractivity contribution < 1.29 is 4.79 Å². The highest BCUT2D eigenvalue weighted by Gasteiger charge is 2.07. The number of hydrogen-bond acceptors (Lipinski definition) is 2. The van der Waals surface area contributed by atoms with Crippen LogP contribution in [0.3, 0.4) is 0 Å². The van der Waals surface area contributed by atoms with E-state index in [9.17, 15) is 4.79 Å². The monoisotopic (exact) mass is 271 g/mol. The van der Waals surface area contributed by atoms with Crippen LogP contribution in [0.25, 0.3) is 0 Å². The van der Waals surface area contributed by atoms with Crippen LogP contribution in [0.4, 0.5) is 0 Å². The highest BCUT2D eigenvalue weighted by Crippen LogP contribution is 2.27. The van der Waals surface area contributed by atoms with E-state index in [1.807, 2.05) is 24.3 Å². The Kier molecular flexibility index (Phi) is 4.27. The van der Waals surface area contributed by atoms with Gasteiger partial charge in [0.25, 0.3) is 5.91 Å². The molecule has 0 aliphatic carbocycles. The lowest BCUT2D eigenvalue weighted by Crippen LogP contribution is -2.21. The molecule has 0 heterocycles. The molecule has 0 unspecified atom stereocenters. The van der Waals surface area contributed by atoms with Gasteiger partial charge in [0.05, 0.1) is 0 Å². The molecule has 0 N–H and O–H groups in total. The van der Waals surface area contributed by atoms with Crippen molar-refractivity contribution in [1.82, 2.24) is 4.90 Å². The Morgan fingerprint density at radius 2 is 1.37 bits per heavy atom. The molecular weight excluding hydrogens is 254 g/mol. The van der Waals surface area contributed by atoms with Crippen molar-refractivity contribution in [1.29, 1.82) is 0 Å². The van der Waals surface area contributed by atoms with Gasteiger partial charge in [-0.05, 0) is 43.3 Å². The summed E-state index contributed by atoms with van der Waals surface area (Å²) in [7, 11) is 3.52. The van der Waals surface area contributed by atoms with E-state index in [0.29, 0.717) is 0 Å². The number of nitrogens with zero attached hydrogens (tertiary/aromatic N) is 1.